The van der Waals surface area contributed by atoms with Crippen LogP contribution in [0, 0.1) is 0 Å². The number of benzene rings is 5. The molecule has 61 heavy (non-hydrogen) atoms. The molecule has 1 aliphatic heterocycles. The summed E-state index contributed by atoms with van der Waals surface area (Å²) in [6.07, 6.45) is 5.10. The maximum Gasteiger partial charge on any atom is 0.347 e. The van der Waals surface area contributed by atoms with Crippen molar-refractivity contribution >= 4 is 17.7 Å². The maximum atomic E-state index is 14.0. The molecular weight excluding hydrogens is 763 g/mol. The molecule has 5 aromatic carbocycles. The van der Waals surface area contributed by atoms with Gasteiger partial charge in [-0.15, -0.1) is 5.10 Å². The number of likely N-dealkylation sites (tertiary alicyclic amines) is 1. The number of carbonyl (C=O) groups excluding carboxylic acids is 3. The molecule has 2 atom stereocenters. The summed E-state index contributed by atoms with van der Waals surface area (Å²) < 4.78 is 7.27. The second kappa shape index (κ2) is 18.0. The Morgan fingerprint density at radius 3 is 1.90 bits per heavy atom. The lowest BCUT2D eigenvalue weighted by Gasteiger charge is -2.39. The van der Waals surface area contributed by atoms with Gasteiger partial charge in [0.15, 0.2) is 17.3 Å². The Kier molecular flexibility index (Phi) is 12.0. The number of hydrogen-bond acceptors (Lipinski definition) is 9. The fourth-order valence-corrected chi connectivity index (χ4v) is 8.77. The number of aromatic nitrogens is 5. The van der Waals surface area contributed by atoms with Crippen molar-refractivity contribution in [2.75, 3.05) is 13.7 Å². The van der Waals surface area contributed by atoms with Crippen LogP contribution in [0.1, 0.15) is 66.5 Å². The van der Waals surface area contributed by atoms with E-state index in [4.69, 9.17) is 15.0 Å². The van der Waals surface area contributed by atoms with Gasteiger partial charge in [-0.2, -0.15) is 0 Å². The lowest BCUT2D eigenvalue weighted by Crippen LogP contribution is -2.64. The molecule has 0 saturated carbocycles. The molecule has 11 nitrogen and oxygen atoms in total. The molecule has 2 aromatic heterocycles. The molecule has 0 bridgehead atoms. The van der Waals surface area contributed by atoms with Crippen molar-refractivity contribution in [1.82, 2.24) is 35.4 Å². The Labute approximate surface area is 355 Å². The van der Waals surface area contributed by atoms with Crippen LogP contribution in [0.25, 0.3) is 22.5 Å². The number of pyridine rings is 1. The van der Waals surface area contributed by atoms with Crippen LogP contribution < -0.4 is 5.32 Å². The molecule has 3 heterocycles. The lowest BCUT2D eigenvalue weighted by atomic mass is 9.77. The summed E-state index contributed by atoms with van der Waals surface area (Å²) in [6, 6.07) is 49.2. The molecule has 306 valence electrons. The van der Waals surface area contributed by atoms with Crippen molar-refractivity contribution in [3.63, 3.8) is 0 Å². The van der Waals surface area contributed by atoms with Crippen molar-refractivity contribution in [2.24, 2.45) is 0 Å². The molecule has 0 radical (unpaired) electrons. The van der Waals surface area contributed by atoms with Gasteiger partial charge in [-0.3, -0.25) is 19.9 Å². The van der Waals surface area contributed by atoms with Crippen LogP contribution in [-0.2, 0) is 31.1 Å². The molecule has 0 spiro atoms. The zero-order valence-corrected chi connectivity index (χ0v) is 34.2. The van der Waals surface area contributed by atoms with Gasteiger partial charge in [-0.1, -0.05) is 146 Å². The summed E-state index contributed by atoms with van der Waals surface area (Å²) in [6.45, 7) is 2.29. The van der Waals surface area contributed by atoms with Gasteiger partial charge in [0.1, 0.15) is 5.54 Å². The molecule has 7 aromatic rings. The number of ether oxygens (including phenoxy) is 1. The fourth-order valence-electron chi connectivity index (χ4n) is 8.77. The highest BCUT2D eigenvalue weighted by molar-refractivity contribution is 5.92. The highest BCUT2D eigenvalue weighted by atomic mass is 16.5. The van der Waals surface area contributed by atoms with Gasteiger partial charge in [0.25, 0.3) is 0 Å². The van der Waals surface area contributed by atoms with Crippen LogP contribution >= 0.6 is 0 Å². The number of carbonyl (C=O) groups is 3. The summed E-state index contributed by atoms with van der Waals surface area (Å²) in [7, 11) is 1.31. The molecule has 11 heteroatoms. The quantitative estimate of drug-likeness (QED) is 0.0809. The van der Waals surface area contributed by atoms with Crippen molar-refractivity contribution in [3.05, 3.63) is 192 Å². The largest absolute Gasteiger partial charge is 0.466 e. The summed E-state index contributed by atoms with van der Waals surface area (Å²) in [4.78, 5) is 47.3. The van der Waals surface area contributed by atoms with Gasteiger partial charge >= 0.3 is 5.97 Å². The van der Waals surface area contributed by atoms with Crippen molar-refractivity contribution in [1.29, 1.82) is 0 Å². The normalized spacial score (nSPS) is 15.6. The van der Waals surface area contributed by atoms with E-state index < -0.39 is 23.2 Å². The third-order valence-corrected chi connectivity index (χ3v) is 11.6. The molecule has 1 N–H and O–H groups in total. The number of esters is 1. The van der Waals surface area contributed by atoms with Crippen molar-refractivity contribution in [2.45, 2.75) is 56.3 Å². The van der Waals surface area contributed by atoms with Crippen LogP contribution in [-0.4, -0.2) is 67.1 Å². The van der Waals surface area contributed by atoms with E-state index in [9.17, 15) is 14.4 Å². The molecule has 1 amide bonds. The van der Waals surface area contributed by atoms with Crippen LogP contribution in [0.4, 0.5) is 0 Å². The van der Waals surface area contributed by atoms with Crippen LogP contribution in [0.5, 0.6) is 0 Å². The molecule has 0 aliphatic carbocycles. The Bertz CT molecular complexity index is 2490. The topological polar surface area (TPSA) is 132 Å². The van der Waals surface area contributed by atoms with Crippen LogP contribution in [0.15, 0.2) is 164 Å². The van der Waals surface area contributed by atoms with E-state index >= 15 is 0 Å². The average Bonchev–Trinajstić information content (AvgIpc) is 3.99. The summed E-state index contributed by atoms with van der Waals surface area (Å²) in [5.41, 5.74) is 4.50. The van der Waals surface area contributed by atoms with Crippen molar-refractivity contribution in [3.8, 4) is 22.5 Å². The van der Waals surface area contributed by atoms with E-state index in [1.54, 1.807) is 29.4 Å². The number of nitrogens with one attached hydrogen (secondary N) is 1. The predicted octanol–water partition coefficient (Wildman–Crippen LogP) is 7.98. The number of nitrogens with zero attached hydrogens (tertiary/aromatic N) is 6. The van der Waals surface area contributed by atoms with E-state index in [1.807, 2.05) is 115 Å². The number of amides is 1. The van der Waals surface area contributed by atoms with Gasteiger partial charge < -0.3 is 9.64 Å². The van der Waals surface area contributed by atoms with E-state index in [0.29, 0.717) is 37.2 Å². The molecule has 1 fully saturated rings. The zero-order valence-electron chi connectivity index (χ0n) is 34.2. The second-order valence-corrected chi connectivity index (χ2v) is 15.2. The highest BCUT2D eigenvalue weighted by Crippen LogP contribution is 2.43. The van der Waals surface area contributed by atoms with Crippen LogP contribution in [0.3, 0.4) is 0 Å². The van der Waals surface area contributed by atoms with Gasteiger partial charge in [0.05, 0.1) is 19.6 Å². The molecule has 0 unspecified atom stereocenters. The minimum absolute atomic E-state index is 0.0804. The number of tetrazole rings is 1. The summed E-state index contributed by atoms with van der Waals surface area (Å²) in [5, 5.41) is 17.2. The zero-order chi connectivity index (χ0) is 42.2. The first-order valence-corrected chi connectivity index (χ1v) is 20.6. The number of ketones is 1. The Hall–Kier alpha value is -7.11. The number of rotatable bonds is 15. The third kappa shape index (κ3) is 7.76. The molecule has 1 saturated heterocycles. The Morgan fingerprint density at radius 1 is 0.754 bits per heavy atom. The summed E-state index contributed by atoms with van der Waals surface area (Å²) >= 11 is 0. The average molecular weight is 810 g/mol. The van der Waals surface area contributed by atoms with E-state index in [1.165, 1.54) is 7.11 Å². The monoisotopic (exact) mass is 809 g/mol. The Balaban J connectivity index is 1.19. The summed E-state index contributed by atoms with van der Waals surface area (Å²) in [5.74, 6) is -0.381. The highest BCUT2D eigenvalue weighted by Gasteiger charge is 2.52. The maximum absolute atomic E-state index is 14.0. The first-order chi connectivity index (χ1) is 29.9. The first-order valence-electron chi connectivity index (χ1n) is 20.6. The first kappa shape index (κ1) is 40.7. The predicted molar refractivity (Wildman–Crippen MR) is 233 cm³/mol. The molecule has 1 aliphatic rings. The lowest BCUT2D eigenvalue weighted by molar-refractivity contribution is -0.163. The van der Waals surface area contributed by atoms with Gasteiger partial charge in [-0.05, 0) is 80.8 Å². The molecular formula is C50H47N7O4. The van der Waals surface area contributed by atoms with Gasteiger partial charge in [-0.25, -0.2) is 9.48 Å². The fraction of sp³-hybridized carbons (Fsp3) is 0.220. The number of methoxy groups -OCH3 is 1. The number of Topliss-reactive ketones (excluding diaryl/α,β-unsaturated/α-hetero) is 1. The Morgan fingerprint density at radius 2 is 1.33 bits per heavy atom. The standard InChI is InChI=1S/C50H47N7O4/c1-3-16-44(58)46(52-49(48(60)61-2)31-15-34-56(49)45(59)35-36-29-32-51-33-30-36)38-27-25-37(26-28-38)42-23-13-14-24-43(42)47-53-54-55-57(47)50(39-17-7-4-8-18-39,40-19-9-5-10-20-40)41-21-11-6-12-22-41/h4-14,17-30,32-33,46,52H,3,15-16,31,34-35H2,1-2H3/t46-,49-/m0/s1. The van der Waals surface area contributed by atoms with Gasteiger partial charge in [0.2, 0.25) is 5.91 Å². The second-order valence-electron chi connectivity index (χ2n) is 15.2. The number of hydrogen-bond donors (Lipinski definition) is 1. The minimum atomic E-state index is -1.53. The van der Waals surface area contributed by atoms with Crippen molar-refractivity contribution < 1.29 is 19.1 Å². The molecule has 8 rings (SSSR count). The van der Waals surface area contributed by atoms with E-state index in [-0.39, 0.29) is 24.5 Å². The minimum Gasteiger partial charge on any atom is -0.466 e. The SMILES string of the molecule is CCCC(=O)[C@@H](N[C@@]1(C(=O)OC)CCCN1C(=O)Cc1ccncc1)c1ccc(-c2ccccc2-c2nnnn2C(c2ccccc2)(c2ccccc2)c2ccccc2)cc1. The smallest absolute Gasteiger partial charge is 0.347 e. The van der Waals surface area contributed by atoms with Gasteiger partial charge in [0, 0.05) is 30.9 Å². The van der Waals surface area contributed by atoms with E-state index in [2.05, 4.69) is 51.9 Å². The third-order valence-electron chi connectivity index (χ3n) is 11.6. The van der Waals surface area contributed by atoms with Crippen LogP contribution in [0.2, 0.25) is 0 Å². The van der Waals surface area contributed by atoms with E-state index in [0.717, 1.165) is 38.9 Å².